The normalized spacial score (nSPS) is 12.0. The van der Waals surface area contributed by atoms with Gasteiger partial charge in [-0.25, -0.2) is 0 Å². The Kier molecular flexibility index (Phi) is 11.0. The van der Waals surface area contributed by atoms with Crippen molar-refractivity contribution in [3.63, 3.8) is 0 Å². The first-order valence-corrected chi connectivity index (χ1v) is 25.3. The summed E-state index contributed by atoms with van der Waals surface area (Å²) in [5.74, 6) is 0. The van der Waals surface area contributed by atoms with Gasteiger partial charge >= 0.3 is 0 Å². The molecule has 72 heavy (non-hydrogen) atoms. The van der Waals surface area contributed by atoms with Crippen molar-refractivity contribution in [1.29, 1.82) is 0 Å². The van der Waals surface area contributed by atoms with Gasteiger partial charge < -0.3 is 9.80 Å². The van der Waals surface area contributed by atoms with Gasteiger partial charge in [0.1, 0.15) is 0 Å². The van der Waals surface area contributed by atoms with E-state index in [0.29, 0.717) is 0 Å². The van der Waals surface area contributed by atoms with Crippen molar-refractivity contribution in [3.05, 3.63) is 254 Å². The lowest BCUT2D eigenvalue weighted by Gasteiger charge is -2.27. The summed E-state index contributed by atoms with van der Waals surface area (Å²) in [4.78, 5) is 4.78. The summed E-state index contributed by atoms with van der Waals surface area (Å²) in [6.07, 6.45) is 0. The molecule has 0 aliphatic rings. The summed E-state index contributed by atoms with van der Waals surface area (Å²) in [6, 6.07) is 90.1. The number of hydrogen-bond acceptors (Lipinski definition) is 2. The highest BCUT2D eigenvalue weighted by Gasteiger charge is 2.21. The predicted octanol–water partition coefficient (Wildman–Crippen LogP) is 20.3. The fourth-order valence-corrected chi connectivity index (χ4v) is 10.8. The Labute approximate surface area is 424 Å². The molecule has 0 N–H and O–H groups in total. The lowest BCUT2D eigenvalue weighted by atomic mass is 9.87. The number of benzene rings is 12. The smallest absolute Gasteiger partial charge is 0.0468 e. The second-order valence-electron chi connectivity index (χ2n) is 21.5. The monoisotopic (exact) mass is 926 g/mol. The highest BCUT2D eigenvalue weighted by atomic mass is 15.1. The van der Waals surface area contributed by atoms with Crippen LogP contribution in [-0.2, 0) is 10.8 Å². The Morgan fingerprint density at radius 3 is 1.21 bits per heavy atom. The largest absolute Gasteiger partial charge is 0.310 e. The average Bonchev–Trinajstić information content (AvgIpc) is 3.40. The molecule has 0 amide bonds. The Hall–Kier alpha value is -8.46. The van der Waals surface area contributed by atoms with Crippen LogP contribution in [0.1, 0.15) is 52.7 Å². The Balaban J connectivity index is 0.963. The van der Waals surface area contributed by atoms with E-state index in [-0.39, 0.29) is 10.8 Å². The Morgan fingerprint density at radius 2 is 0.639 bits per heavy atom. The van der Waals surface area contributed by atoms with Crippen LogP contribution in [0.2, 0.25) is 0 Å². The summed E-state index contributed by atoms with van der Waals surface area (Å²) < 4.78 is 0. The molecule has 0 spiro atoms. The quantitative estimate of drug-likeness (QED) is 0.140. The van der Waals surface area contributed by atoms with Crippen molar-refractivity contribution < 1.29 is 0 Å². The van der Waals surface area contributed by atoms with Crippen LogP contribution >= 0.6 is 0 Å². The first-order chi connectivity index (χ1) is 34.9. The van der Waals surface area contributed by atoms with E-state index in [9.17, 15) is 0 Å². The number of nitrogens with zero attached hydrogens (tertiary/aromatic N) is 2. The van der Waals surface area contributed by atoms with Crippen LogP contribution in [0.15, 0.2) is 243 Å². The second-order valence-corrected chi connectivity index (χ2v) is 21.5. The third-order valence-electron chi connectivity index (χ3n) is 14.7. The minimum atomic E-state index is 0.0586. The van der Waals surface area contributed by atoms with E-state index in [0.717, 1.165) is 34.1 Å². The van der Waals surface area contributed by atoms with Gasteiger partial charge in [-0.15, -0.1) is 0 Å². The maximum absolute atomic E-state index is 2.43. The van der Waals surface area contributed by atoms with Crippen LogP contribution in [0, 0.1) is 0 Å². The average molecular weight is 927 g/mol. The molecule has 0 unspecified atom stereocenters. The van der Waals surface area contributed by atoms with Crippen LogP contribution in [0.5, 0.6) is 0 Å². The molecule has 12 rings (SSSR count). The zero-order valence-corrected chi connectivity index (χ0v) is 42.0. The molecule has 12 aromatic rings. The van der Waals surface area contributed by atoms with Gasteiger partial charge in [0, 0.05) is 34.1 Å². The minimum absolute atomic E-state index is 0.0586. The van der Waals surface area contributed by atoms with Gasteiger partial charge in [-0.05, 0) is 177 Å². The molecule has 0 saturated heterocycles. The third kappa shape index (κ3) is 8.23. The van der Waals surface area contributed by atoms with Gasteiger partial charge in [-0.2, -0.15) is 0 Å². The molecule has 0 aromatic heterocycles. The standard InChI is InChI=1S/C70H58N2/c1-69(2,3)53-29-37-56(38-30-53)71(59-35-25-47-15-7-9-17-50(47)43-59)55-33-27-49(28-34-55)67-46-68-64-24-14-23-61(65(64)41-42-66(68)62-21-11-12-22-63(62)67)52-19-13-20-58(45-52)72(57-39-31-54(32-40-57)70(4,5)6)60-36-26-48-16-8-10-18-51(48)44-60/h7-46H,1-6H3. The molecule has 348 valence electrons. The van der Waals surface area contributed by atoms with Gasteiger partial charge in [-0.1, -0.05) is 205 Å². The fourth-order valence-electron chi connectivity index (χ4n) is 10.8. The number of rotatable bonds is 8. The first kappa shape index (κ1) is 44.7. The van der Waals surface area contributed by atoms with Gasteiger partial charge in [0.15, 0.2) is 0 Å². The van der Waals surface area contributed by atoms with E-state index < -0.39 is 0 Å². The third-order valence-corrected chi connectivity index (χ3v) is 14.7. The molecule has 0 fully saturated rings. The van der Waals surface area contributed by atoms with Crippen LogP contribution in [0.3, 0.4) is 0 Å². The van der Waals surface area contributed by atoms with Crippen LogP contribution in [-0.4, -0.2) is 0 Å². The highest BCUT2D eigenvalue weighted by molar-refractivity contribution is 6.22. The predicted molar refractivity (Wildman–Crippen MR) is 312 cm³/mol. The lowest BCUT2D eigenvalue weighted by Crippen LogP contribution is -2.13. The zero-order chi connectivity index (χ0) is 49.1. The summed E-state index contributed by atoms with van der Waals surface area (Å²) >= 11 is 0. The summed E-state index contributed by atoms with van der Waals surface area (Å²) in [6.45, 7) is 13.6. The summed E-state index contributed by atoms with van der Waals surface area (Å²) in [5, 5.41) is 12.4. The van der Waals surface area contributed by atoms with Crippen molar-refractivity contribution in [1.82, 2.24) is 0 Å². The SMILES string of the molecule is CC(C)(C)c1ccc(N(c2ccc(-c3cc4c5cccc(-c6cccc(N(c7ccc(C(C)(C)C)cc7)c7ccc8ccccc8c7)c6)c5ccc4c4ccccc34)cc2)c2ccc3ccccc3c2)cc1. The minimum Gasteiger partial charge on any atom is -0.310 e. The van der Waals surface area contributed by atoms with Crippen LogP contribution in [0.25, 0.3) is 76.1 Å². The molecular formula is C70H58N2. The molecule has 0 aliphatic heterocycles. The van der Waals surface area contributed by atoms with Crippen molar-refractivity contribution in [2.45, 2.75) is 52.4 Å². The lowest BCUT2D eigenvalue weighted by molar-refractivity contribution is 0.590. The first-order valence-electron chi connectivity index (χ1n) is 25.3. The molecular weight excluding hydrogens is 869 g/mol. The van der Waals surface area contributed by atoms with Gasteiger partial charge in [-0.3, -0.25) is 0 Å². The maximum atomic E-state index is 2.43. The molecule has 2 heteroatoms. The fraction of sp³-hybridized carbons (Fsp3) is 0.114. The molecule has 0 heterocycles. The van der Waals surface area contributed by atoms with E-state index in [2.05, 4.69) is 294 Å². The maximum Gasteiger partial charge on any atom is 0.0468 e. The number of fused-ring (bicyclic) bond motifs is 7. The highest BCUT2D eigenvalue weighted by Crippen LogP contribution is 2.44. The van der Waals surface area contributed by atoms with Crippen LogP contribution in [0.4, 0.5) is 34.1 Å². The van der Waals surface area contributed by atoms with Gasteiger partial charge in [0.25, 0.3) is 0 Å². The summed E-state index contributed by atoms with van der Waals surface area (Å²) in [7, 11) is 0. The molecule has 0 aliphatic carbocycles. The van der Waals surface area contributed by atoms with Crippen LogP contribution < -0.4 is 9.80 Å². The van der Waals surface area contributed by atoms with Crippen molar-refractivity contribution in [2.24, 2.45) is 0 Å². The van der Waals surface area contributed by atoms with E-state index in [4.69, 9.17) is 0 Å². The zero-order valence-electron chi connectivity index (χ0n) is 42.0. The van der Waals surface area contributed by atoms with Gasteiger partial charge in [0.2, 0.25) is 0 Å². The Morgan fingerprint density at radius 1 is 0.236 bits per heavy atom. The molecule has 2 nitrogen and oxygen atoms in total. The summed E-state index contributed by atoms with van der Waals surface area (Å²) in [5.41, 5.74) is 14.3. The molecule has 0 atom stereocenters. The number of hydrogen-bond donors (Lipinski definition) is 0. The molecule has 0 radical (unpaired) electrons. The Bertz CT molecular complexity index is 3980. The number of anilines is 6. The van der Waals surface area contributed by atoms with E-state index in [1.165, 1.54) is 87.2 Å². The molecule has 0 saturated carbocycles. The van der Waals surface area contributed by atoms with Crippen molar-refractivity contribution >= 4 is 88.0 Å². The molecule has 12 aromatic carbocycles. The van der Waals surface area contributed by atoms with E-state index in [1.807, 2.05) is 0 Å². The van der Waals surface area contributed by atoms with E-state index >= 15 is 0 Å². The van der Waals surface area contributed by atoms with Crippen molar-refractivity contribution in [2.75, 3.05) is 9.80 Å². The second kappa shape index (κ2) is 17.7. The topological polar surface area (TPSA) is 6.48 Å². The van der Waals surface area contributed by atoms with Gasteiger partial charge in [0.05, 0.1) is 0 Å². The van der Waals surface area contributed by atoms with E-state index in [1.54, 1.807) is 0 Å². The van der Waals surface area contributed by atoms with Crippen molar-refractivity contribution in [3.8, 4) is 22.3 Å². The molecule has 0 bridgehead atoms.